The van der Waals surface area contributed by atoms with Crippen molar-refractivity contribution in [3.8, 4) is 5.75 Å². The summed E-state index contributed by atoms with van der Waals surface area (Å²) in [4.78, 5) is -0.0651. The minimum atomic E-state index is -3.85. The Hall–Kier alpha value is -0.870. The third-order valence-electron chi connectivity index (χ3n) is 2.74. The van der Waals surface area contributed by atoms with Gasteiger partial charge in [-0.15, -0.1) is 0 Å². The van der Waals surface area contributed by atoms with Crippen LogP contribution in [-0.4, -0.2) is 47.0 Å². The quantitative estimate of drug-likeness (QED) is 0.571. The Kier molecular flexibility index (Phi) is 6.88. The molecule has 1 aromatic rings. The van der Waals surface area contributed by atoms with Crippen LogP contribution in [-0.2, 0) is 14.8 Å². The summed E-state index contributed by atoms with van der Waals surface area (Å²) in [6, 6.07) is 2.26. The highest BCUT2D eigenvalue weighted by atomic mass is 79.9. The number of hydrogen-bond acceptors (Lipinski definition) is 6. The molecule has 0 aromatic heterocycles. The number of aliphatic hydroxyl groups is 1. The molecule has 0 heterocycles. The lowest BCUT2D eigenvalue weighted by Gasteiger charge is -2.18. The van der Waals surface area contributed by atoms with Crippen LogP contribution in [0.3, 0.4) is 0 Å². The molecule has 7 nitrogen and oxygen atoms in total. The number of nitrogens with two attached hydrogens (primary N) is 1. The van der Waals surface area contributed by atoms with Gasteiger partial charge < -0.3 is 20.3 Å². The van der Waals surface area contributed by atoms with Gasteiger partial charge >= 0.3 is 0 Å². The summed E-state index contributed by atoms with van der Waals surface area (Å²) < 4.78 is 37.9. The Morgan fingerprint density at radius 2 is 2.10 bits per heavy atom. The monoisotopic (exact) mass is 382 g/mol. The summed E-state index contributed by atoms with van der Waals surface area (Å²) in [7, 11) is -1.03. The molecule has 9 heteroatoms. The average molecular weight is 383 g/mol. The number of nitrogen functional groups attached to an aromatic ring is 1. The number of anilines is 1. The van der Waals surface area contributed by atoms with Crippen LogP contribution in [0.15, 0.2) is 21.5 Å². The molecule has 0 bridgehead atoms. The van der Waals surface area contributed by atoms with Gasteiger partial charge in [0.2, 0.25) is 10.0 Å². The van der Waals surface area contributed by atoms with Crippen LogP contribution < -0.4 is 15.2 Å². The number of sulfonamides is 1. The van der Waals surface area contributed by atoms with Crippen LogP contribution in [0.1, 0.15) is 6.42 Å². The number of hydrogen-bond donors (Lipinski definition) is 3. The molecule has 21 heavy (non-hydrogen) atoms. The normalized spacial score (nSPS) is 13.1. The van der Waals surface area contributed by atoms with Crippen LogP contribution in [0.2, 0.25) is 0 Å². The first kappa shape index (κ1) is 18.2. The lowest BCUT2D eigenvalue weighted by molar-refractivity contribution is 0.158. The van der Waals surface area contributed by atoms with Crippen molar-refractivity contribution in [2.75, 3.05) is 33.2 Å². The molecule has 0 aliphatic carbocycles. The molecule has 0 aliphatic heterocycles. The van der Waals surface area contributed by atoms with E-state index in [9.17, 15) is 8.42 Å². The van der Waals surface area contributed by atoms with Crippen LogP contribution in [0.25, 0.3) is 0 Å². The second-order valence-corrected chi connectivity index (χ2v) is 6.85. The smallest absolute Gasteiger partial charge is 0.244 e. The van der Waals surface area contributed by atoms with Crippen molar-refractivity contribution in [2.45, 2.75) is 17.4 Å². The zero-order valence-electron chi connectivity index (χ0n) is 11.8. The third kappa shape index (κ3) is 4.82. The minimum Gasteiger partial charge on any atom is -0.495 e. The fourth-order valence-electron chi connectivity index (χ4n) is 1.74. The van der Waals surface area contributed by atoms with Gasteiger partial charge in [0, 0.05) is 29.9 Å². The van der Waals surface area contributed by atoms with Crippen LogP contribution >= 0.6 is 15.9 Å². The highest BCUT2D eigenvalue weighted by Crippen LogP contribution is 2.32. The molecule has 0 amide bonds. The van der Waals surface area contributed by atoms with Crippen molar-refractivity contribution in [2.24, 2.45) is 0 Å². The van der Waals surface area contributed by atoms with Gasteiger partial charge in [-0.1, -0.05) is 0 Å². The Balaban J connectivity index is 3.14. The minimum absolute atomic E-state index is 0.0651. The zero-order valence-corrected chi connectivity index (χ0v) is 14.2. The molecular weight excluding hydrogens is 364 g/mol. The summed E-state index contributed by atoms with van der Waals surface area (Å²) in [5.41, 5.74) is 6.01. The average Bonchev–Trinajstić information content (AvgIpc) is 2.41. The largest absolute Gasteiger partial charge is 0.495 e. The highest BCUT2D eigenvalue weighted by molar-refractivity contribution is 9.10. The Bertz CT molecular complexity index is 573. The van der Waals surface area contributed by atoms with Gasteiger partial charge in [0.25, 0.3) is 0 Å². The molecule has 4 N–H and O–H groups in total. The maximum Gasteiger partial charge on any atom is 0.244 e. The van der Waals surface area contributed by atoms with E-state index in [2.05, 4.69) is 20.7 Å². The molecule has 0 spiro atoms. The molecule has 1 unspecified atom stereocenters. The van der Waals surface area contributed by atoms with Crippen molar-refractivity contribution in [3.05, 3.63) is 16.6 Å². The first-order valence-corrected chi connectivity index (χ1v) is 8.38. The summed E-state index contributed by atoms with van der Waals surface area (Å²) in [6.45, 7) is -0.00965. The van der Waals surface area contributed by atoms with E-state index in [1.807, 2.05) is 0 Å². The van der Waals surface area contributed by atoms with Gasteiger partial charge in [-0.3, -0.25) is 0 Å². The Labute approximate surface area is 132 Å². The third-order valence-corrected chi connectivity index (χ3v) is 4.97. The first-order chi connectivity index (χ1) is 9.85. The molecule has 0 saturated heterocycles. The standard InChI is InChI=1S/C12H19BrN2O5S/c1-19-7-8(3-4-16)15-21(17,18)12-6-10(14)9(13)5-11(12)20-2/h5-6,8,15-16H,3-4,7,14H2,1-2H3. The summed E-state index contributed by atoms with van der Waals surface area (Å²) >= 11 is 3.22. The second-order valence-electron chi connectivity index (χ2n) is 4.31. The number of nitrogens with one attached hydrogen (secondary N) is 1. The molecule has 0 radical (unpaired) electrons. The molecular formula is C12H19BrN2O5S. The highest BCUT2D eigenvalue weighted by Gasteiger charge is 2.24. The fourth-order valence-corrected chi connectivity index (χ4v) is 3.50. The number of ether oxygens (including phenoxy) is 2. The Morgan fingerprint density at radius 3 is 2.62 bits per heavy atom. The van der Waals surface area contributed by atoms with E-state index < -0.39 is 16.1 Å². The van der Waals surface area contributed by atoms with Gasteiger partial charge in [0.15, 0.2) is 0 Å². The van der Waals surface area contributed by atoms with Crippen LogP contribution in [0.4, 0.5) is 5.69 Å². The molecule has 0 fully saturated rings. The van der Waals surface area contributed by atoms with Gasteiger partial charge in [-0.2, -0.15) is 0 Å². The number of halogens is 1. The molecule has 1 aromatic carbocycles. The number of aliphatic hydroxyl groups excluding tert-OH is 1. The van der Waals surface area contributed by atoms with E-state index in [0.29, 0.717) is 4.47 Å². The van der Waals surface area contributed by atoms with E-state index in [-0.39, 0.29) is 36.0 Å². The van der Waals surface area contributed by atoms with E-state index >= 15 is 0 Å². The van der Waals surface area contributed by atoms with Gasteiger partial charge in [0.1, 0.15) is 10.6 Å². The summed E-state index contributed by atoms with van der Waals surface area (Å²) in [6.07, 6.45) is 0.237. The molecule has 120 valence electrons. The molecule has 1 atom stereocenters. The fraction of sp³-hybridized carbons (Fsp3) is 0.500. The maximum absolute atomic E-state index is 12.4. The lowest BCUT2D eigenvalue weighted by atomic mass is 10.2. The van der Waals surface area contributed by atoms with Gasteiger partial charge in [-0.25, -0.2) is 13.1 Å². The Morgan fingerprint density at radius 1 is 1.43 bits per heavy atom. The van der Waals surface area contributed by atoms with Crippen molar-refractivity contribution in [3.63, 3.8) is 0 Å². The lowest BCUT2D eigenvalue weighted by Crippen LogP contribution is -2.38. The van der Waals surface area contributed by atoms with E-state index in [1.165, 1.54) is 26.4 Å². The van der Waals surface area contributed by atoms with Crippen LogP contribution in [0.5, 0.6) is 5.75 Å². The van der Waals surface area contributed by atoms with Crippen molar-refractivity contribution in [1.29, 1.82) is 0 Å². The second kappa shape index (κ2) is 7.95. The zero-order chi connectivity index (χ0) is 16.0. The topological polar surface area (TPSA) is 111 Å². The predicted molar refractivity (Wildman–Crippen MR) is 82.8 cm³/mol. The van der Waals surface area contributed by atoms with E-state index in [0.717, 1.165) is 0 Å². The summed E-state index contributed by atoms with van der Waals surface area (Å²) in [5.74, 6) is 0.170. The van der Waals surface area contributed by atoms with E-state index in [4.69, 9.17) is 20.3 Å². The number of methoxy groups -OCH3 is 2. The van der Waals surface area contributed by atoms with Crippen LogP contribution in [0, 0.1) is 0 Å². The SMILES string of the molecule is COCC(CCO)NS(=O)(=O)c1cc(N)c(Br)cc1OC. The molecule has 0 aliphatic rings. The predicted octanol–water partition coefficient (Wildman–Crippen LogP) is 0.716. The number of rotatable bonds is 8. The van der Waals surface area contributed by atoms with Crippen molar-refractivity contribution in [1.82, 2.24) is 4.72 Å². The van der Waals surface area contributed by atoms with E-state index in [1.54, 1.807) is 0 Å². The first-order valence-electron chi connectivity index (χ1n) is 6.10. The maximum atomic E-state index is 12.4. The van der Waals surface area contributed by atoms with Crippen molar-refractivity contribution < 1.29 is 23.0 Å². The van der Waals surface area contributed by atoms with Gasteiger partial charge in [-0.05, 0) is 34.5 Å². The van der Waals surface area contributed by atoms with Crippen molar-refractivity contribution >= 4 is 31.6 Å². The molecule has 1 rings (SSSR count). The summed E-state index contributed by atoms with van der Waals surface area (Å²) in [5, 5.41) is 8.97. The number of benzene rings is 1. The van der Waals surface area contributed by atoms with Gasteiger partial charge in [0.05, 0.1) is 13.7 Å². The molecule has 0 saturated carbocycles.